The van der Waals surface area contributed by atoms with E-state index in [9.17, 15) is 13.2 Å². The lowest BCUT2D eigenvalue weighted by atomic mass is 9.88. The maximum atomic E-state index is 12.8. The van der Waals surface area contributed by atoms with Crippen LogP contribution in [0.5, 0.6) is 0 Å². The first kappa shape index (κ1) is 22.8. The van der Waals surface area contributed by atoms with E-state index in [-0.39, 0.29) is 16.8 Å². The molecule has 2 fully saturated rings. The summed E-state index contributed by atoms with van der Waals surface area (Å²) < 4.78 is 27.7. The molecule has 1 saturated carbocycles. The number of hydrogen-bond acceptors (Lipinski definition) is 4. The highest BCUT2D eigenvalue weighted by Gasteiger charge is 2.24. The number of rotatable bonds is 7. The van der Waals surface area contributed by atoms with Gasteiger partial charge in [0, 0.05) is 36.9 Å². The molecule has 0 radical (unpaired) electrons. The molecule has 0 spiro atoms. The summed E-state index contributed by atoms with van der Waals surface area (Å²) in [6.45, 7) is 3.25. The lowest BCUT2D eigenvalue weighted by Crippen LogP contribution is -2.45. The first-order valence-electron chi connectivity index (χ1n) is 11.7. The van der Waals surface area contributed by atoms with Gasteiger partial charge in [0.2, 0.25) is 0 Å². The van der Waals surface area contributed by atoms with Crippen LogP contribution in [0.15, 0.2) is 59.5 Å². The van der Waals surface area contributed by atoms with E-state index in [1.807, 2.05) is 0 Å². The maximum Gasteiger partial charge on any atom is 0.261 e. The van der Waals surface area contributed by atoms with Gasteiger partial charge in [-0.3, -0.25) is 9.52 Å². The molecule has 0 bridgehead atoms. The van der Waals surface area contributed by atoms with Crippen molar-refractivity contribution < 1.29 is 13.2 Å². The number of carbonyl (C=O) groups is 1. The summed E-state index contributed by atoms with van der Waals surface area (Å²) in [6.07, 6.45) is 8.77. The van der Waals surface area contributed by atoms with Crippen molar-refractivity contribution in [1.29, 1.82) is 0 Å². The Hall–Kier alpha value is -2.38. The zero-order valence-electron chi connectivity index (χ0n) is 18.5. The average molecular weight is 456 g/mol. The van der Waals surface area contributed by atoms with Crippen molar-refractivity contribution in [2.24, 2.45) is 5.92 Å². The number of likely N-dealkylation sites (tertiary alicyclic amines) is 1. The SMILES string of the molecule is O=C(NC1CCN(CC2CCCCC2)CC1)c1cccc(NS(=O)(=O)c2ccccc2)c1. The monoisotopic (exact) mass is 455 g/mol. The lowest BCUT2D eigenvalue weighted by Gasteiger charge is -2.35. The molecule has 2 aromatic rings. The van der Waals surface area contributed by atoms with Crippen molar-refractivity contribution in [2.75, 3.05) is 24.4 Å². The van der Waals surface area contributed by atoms with E-state index >= 15 is 0 Å². The van der Waals surface area contributed by atoms with Gasteiger partial charge in [-0.25, -0.2) is 8.42 Å². The molecule has 1 heterocycles. The molecule has 2 N–H and O–H groups in total. The van der Waals surface area contributed by atoms with Gasteiger partial charge in [-0.2, -0.15) is 0 Å². The number of hydrogen-bond donors (Lipinski definition) is 2. The second-order valence-electron chi connectivity index (χ2n) is 9.05. The Kier molecular flexibility index (Phi) is 7.48. The van der Waals surface area contributed by atoms with Crippen LogP contribution in [0.4, 0.5) is 5.69 Å². The first-order chi connectivity index (χ1) is 15.5. The quantitative estimate of drug-likeness (QED) is 0.654. The van der Waals surface area contributed by atoms with Gasteiger partial charge in [0.1, 0.15) is 0 Å². The molecule has 1 aliphatic heterocycles. The number of piperidine rings is 1. The van der Waals surface area contributed by atoms with Gasteiger partial charge in [0.15, 0.2) is 0 Å². The molecule has 0 unspecified atom stereocenters. The molecule has 2 aliphatic rings. The number of sulfonamides is 1. The number of carbonyl (C=O) groups excluding carboxylic acids is 1. The second-order valence-corrected chi connectivity index (χ2v) is 10.7. The van der Waals surface area contributed by atoms with Gasteiger partial charge in [0.05, 0.1) is 4.90 Å². The minimum Gasteiger partial charge on any atom is -0.349 e. The Morgan fingerprint density at radius 3 is 2.34 bits per heavy atom. The fourth-order valence-corrected chi connectivity index (χ4v) is 5.87. The molecule has 172 valence electrons. The highest BCUT2D eigenvalue weighted by Crippen LogP contribution is 2.25. The van der Waals surface area contributed by atoms with E-state index in [1.54, 1.807) is 54.6 Å². The molecular formula is C25H33N3O3S. The van der Waals surface area contributed by atoms with Gasteiger partial charge < -0.3 is 10.2 Å². The molecule has 2 aromatic carbocycles. The van der Waals surface area contributed by atoms with E-state index in [0.717, 1.165) is 31.8 Å². The molecule has 0 atom stereocenters. The highest BCUT2D eigenvalue weighted by atomic mass is 32.2. The molecular weight excluding hydrogens is 422 g/mol. The second kappa shape index (κ2) is 10.5. The number of anilines is 1. The van der Waals surface area contributed by atoms with Crippen LogP contribution in [0, 0.1) is 5.92 Å². The first-order valence-corrected chi connectivity index (χ1v) is 13.2. The Balaban J connectivity index is 1.30. The van der Waals surface area contributed by atoms with Crippen molar-refractivity contribution in [2.45, 2.75) is 55.9 Å². The lowest BCUT2D eigenvalue weighted by molar-refractivity contribution is 0.0901. The van der Waals surface area contributed by atoms with E-state index in [4.69, 9.17) is 0 Å². The van der Waals surface area contributed by atoms with Gasteiger partial charge in [-0.1, -0.05) is 43.5 Å². The molecule has 32 heavy (non-hydrogen) atoms. The molecule has 0 aromatic heterocycles. The van der Waals surface area contributed by atoms with Crippen LogP contribution in [0.2, 0.25) is 0 Å². The van der Waals surface area contributed by atoms with Crippen molar-refractivity contribution >= 4 is 21.6 Å². The minimum absolute atomic E-state index is 0.156. The van der Waals surface area contributed by atoms with Crippen molar-refractivity contribution in [3.63, 3.8) is 0 Å². The highest BCUT2D eigenvalue weighted by molar-refractivity contribution is 7.92. The van der Waals surface area contributed by atoms with Crippen LogP contribution in [0.3, 0.4) is 0 Å². The Morgan fingerprint density at radius 1 is 0.906 bits per heavy atom. The van der Waals surface area contributed by atoms with Crippen LogP contribution in [-0.2, 0) is 10.0 Å². The van der Waals surface area contributed by atoms with Crippen LogP contribution >= 0.6 is 0 Å². The summed E-state index contributed by atoms with van der Waals surface area (Å²) in [5.74, 6) is 0.689. The van der Waals surface area contributed by atoms with E-state index in [2.05, 4.69) is 14.9 Å². The van der Waals surface area contributed by atoms with Gasteiger partial charge in [0.25, 0.3) is 15.9 Å². The van der Waals surface area contributed by atoms with Gasteiger partial charge >= 0.3 is 0 Å². The fraction of sp³-hybridized carbons (Fsp3) is 0.480. The largest absolute Gasteiger partial charge is 0.349 e. The predicted molar refractivity (Wildman–Crippen MR) is 127 cm³/mol. The smallest absolute Gasteiger partial charge is 0.261 e. The molecule has 1 saturated heterocycles. The van der Waals surface area contributed by atoms with E-state index in [0.29, 0.717) is 11.3 Å². The molecule has 4 rings (SSSR count). The Bertz CT molecular complexity index is 996. The minimum atomic E-state index is -3.69. The topological polar surface area (TPSA) is 78.5 Å². The number of nitrogens with zero attached hydrogens (tertiary/aromatic N) is 1. The standard InChI is InChI=1S/C25H33N3O3S/c29-25(26-22-14-16-28(17-15-22)19-20-8-3-1-4-9-20)21-10-7-11-23(18-21)27-32(30,31)24-12-5-2-6-13-24/h2,5-7,10-13,18,20,22,27H,1,3-4,8-9,14-17,19H2,(H,26,29). The third-order valence-electron chi connectivity index (χ3n) is 6.59. The molecule has 7 heteroatoms. The zero-order valence-corrected chi connectivity index (χ0v) is 19.3. The van der Waals surface area contributed by atoms with Crippen molar-refractivity contribution in [3.05, 3.63) is 60.2 Å². The average Bonchev–Trinajstić information content (AvgIpc) is 2.81. The van der Waals surface area contributed by atoms with E-state index in [1.165, 1.54) is 38.6 Å². The molecule has 1 amide bonds. The van der Waals surface area contributed by atoms with Crippen LogP contribution < -0.4 is 10.0 Å². The maximum absolute atomic E-state index is 12.8. The van der Waals surface area contributed by atoms with Crippen LogP contribution in [0.1, 0.15) is 55.3 Å². The Labute approximate surface area is 191 Å². The van der Waals surface area contributed by atoms with Crippen LogP contribution in [0.25, 0.3) is 0 Å². The fourth-order valence-electron chi connectivity index (χ4n) is 4.80. The summed E-state index contributed by atoms with van der Waals surface area (Å²) in [5, 5.41) is 3.14. The summed E-state index contributed by atoms with van der Waals surface area (Å²) in [4.78, 5) is 15.5. The Morgan fingerprint density at radius 2 is 1.62 bits per heavy atom. The number of nitrogens with one attached hydrogen (secondary N) is 2. The van der Waals surface area contributed by atoms with Crippen LogP contribution in [-0.4, -0.2) is 44.9 Å². The molecule has 6 nitrogen and oxygen atoms in total. The van der Waals surface area contributed by atoms with E-state index < -0.39 is 10.0 Å². The van der Waals surface area contributed by atoms with Gasteiger partial charge in [-0.15, -0.1) is 0 Å². The predicted octanol–water partition coefficient (Wildman–Crippen LogP) is 4.26. The number of amides is 1. The third-order valence-corrected chi connectivity index (χ3v) is 7.99. The summed E-state index contributed by atoms with van der Waals surface area (Å²) in [6, 6.07) is 15.0. The van der Waals surface area contributed by atoms with Gasteiger partial charge in [-0.05, 0) is 61.9 Å². The normalized spacial score (nSPS) is 18.9. The van der Waals surface area contributed by atoms with Crippen molar-refractivity contribution in [1.82, 2.24) is 10.2 Å². The molecule has 1 aliphatic carbocycles. The van der Waals surface area contributed by atoms with Crippen molar-refractivity contribution in [3.8, 4) is 0 Å². The third kappa shape index (κ3) is 6.11. The zero-order chi connectivity index (χ0) is 22.4. The number of benzene rings is 2. The summed E-state index contributed by atoms with van der Waals surface area (Å²) in [7, 11) is -3.69. The summed E-state index contributed by atoms with van der Waals surface area (Å²) in [5.41, 5.74) is 0.840. The summed E-state index contributed by atoms with van der Waals surface area (Å²) >= 11 is 0.